The molecule has 3 aromatic rings. The second-order valence-electron chi connectivity index (χ2n) is 8.39. The molecule has 2 aromatic carbocycles. The zero-order chi connectivity index (χ0) is 22.4. The molecule has 0 spiro atoms. The number of aromatic nitrogens is 2. The number of rotatable bonds is 6. The minimum absolute atomic E-state index is 0.126. The molecule has 2 aliphatic carbocycles. The third kappa shape index (κ3) is 3.48. The van der Waals surface area contributed by atoms with Crippen LogP contribution in [0.3, 0.4) is 0 Å². The van der Waals surface area contributed by atoms with Gasteiger partial charge in [0.05, 0.1) is 18.3 Å². The quantitative estimate of drug-likeness (QED) is 0.600. The van der Waals surface area contributed by atoms with Gasteiger partial charge < -0.3 is 10.1 Å². The zero-order valence-electron chi connectivity index (χ0n) is 17.4. The molecule has 1 N–H and O–H groups in total. The number of fused-ring (bicyclic) bond motifs is 5. The van der Waals surface area contributed by atoms with E-state index >= 15 is 0 Å². The largest absolute Gasteiger partial charge is 0.382 e. The predicted octanol–water partition coefficient (Wildman–Crippen LogP) is 4.77. The molecule has 1 fully saturated rings. The summed E-state index contributed by atoms with van der Waals surface area (Å²) in [6, 6.07) is 8.69. The number of nitrogens with one attached hydrogen (secondary N) is 1. The monoisotopic (exact) mass is 441 g/mol. The first kappa shape index (κ1) is 20.8. The summed E-state index contributed by atoms with van der Waals surface area (Å²) >= 11 is 0. The Bertz CT molecular complexity index is 1180. The first-order chi connectivity index (χ1) is 15.5. The maximum atomic E-state index is 14.6. The highest BCUT2D eigenvalue weighted by Crippen LogP contribution is 2.54. The molecule has 2 aliphatic rings. The topological polar surface area (TPSA) is 56.1 Å². The molecule has 3 atom stereocenters. The molecule has 0 saturated heterocycles. The van der Waals surface area contributed by atoms with Crippen LogP contribution in [0.4, 0.5) is 13.2 Å². The number of methoxy groups -OCH3 is 1. The molecule has 1 saturated carbocycles. The predicted molar refractivity (Wildman–Crippen MR) is 111 cm³/mol. The highest BCUT2D eigenvalue weighted by molar-refractivity contribution is 5.95. The van der Waals surface area contributed by atoms with Gasteiger partial charge in [0.25, 0.3) is 5.91 Å². The number of carbonyl (C=O) groups excluding carboxylic acids is 1. The van der Waals surface area contributed by atoms with Crippen molar-refractivity contribution >= 4 is 5.91 Å². The number of ether oxygens (including phenoxy) is 1. The average molecular weight is 441 g/mol. The Morgan fingerprint density at radius 3 is 2.56 bits per heavy atom. The fourth-order valence-electron chi connectivity index (χ4n) is 5.04. The van der Waals surface area contributed by atoms with Crippen molar-refractivity contribution < 1.29 is 22.7 Å². The molecule has 8 heteroatoms. The van der Waals surface area contributed by atoms with E-state index < -0.39 is 23.6 Å². The zero-order valence-corrected chi connectivity index (χ0v) is 17.4. The lowest BCUT2D eigenvalue weighted by Gasteiger charge is -2.19. The lowest BCUT2D eigenvalue weighted by Crippen LogP contribution is -2.32. The summed E-state index contributed by atoms with van der Waals surface area (Å²) in [5, 5.41) is 7.43. The lowest BCUT2D eigenvalue weighted by atomic mass is 9.95. The van der Waals surface area contributed by atoms with Gasteiger partial charge in [-0.25, -0.2) is 17.9 Å². The van der Waals surface area contributed by atoms with Crippen molar-refractivity contribution in [3.05, 3.63) is 82.4 Å². The van der Waals surface area contributed by atoms with Gasteiger partial charge in [0.15, 0.2) is 11.5 Å². The van der Waals surface area contributed by atoms with Crippen molar-refractivity contribution in [2.45, 2.75) is 37.1 Å². The molecule has 1 heterocycles. The minimum Gasteiger partial charge on any atom is -0.382 e. The third-order valence-electron chi connectivity index (χ3n) is 6.45. The van der Waals surface area contributed by atoms with Gasteiger partial charge in [-0.3, -0.25) is 4.79 Å². The molecule has 1 amide bonds. The van der Waals surface area contributed by atoms with Gasteiger partial charge in [-0.1, -0.05) is 12.1 Å². The number of carbonyl (C=O) groups is 1. The van der Waals surface area contributed by atoms with Gasteiger partial charge >= 0.3 is 0 Å². The molecule has 0 aliphatic heterocycles. The molecule has 5 nitrogen and oxygen atoms in total. The number of nitrogens with zero attached hydrogens (tertiary/aromatic N) is 2. The van der Waals surface area contributed by atoms with Crippen LogP contribution in [-0.4, -0.2) is 29.4 Å². The normalized spacial score (nSPS) is 19.8. The highest BCUT2D eigenvalue weighted by atomic mass is 19.1. The van der Waals surface area contributed by atoms with E-state index in [4.69, 9.17) is 4.74 Å². The van der Waals surface area contributed by atoms with E-state index in [-0.39, 0.29) is 35.6 Å². The van der Waals surface area contributed by atoms with Crippen molar-refractivity contribution in [3.63, 3.8) is 0 Å². The lowest BCUT2D eigenvalue weighted by molar-refractivity contribution is 0.0889. The standard InChI is InChI=1S/C24H22F3N3O2/c1-32-12-19(13-4-6-16(25)7-5-13)28-24(31)22-21-14-2-3-15(10-14)23(21)30(29-22)20-9-8-17(26)11-18(20)27/h4-9,11,14-15,19H,2-3,10,12H2,1H3,(H,28,31)/t14?,15?,19-/m1/s1. The summed E-state index contributed by atoms with van der Waals surface area (Å²) in [6.07, 6.45) is 2.81. The van der Waals surface area contributed by atoms with Crippen LogP contribution in [-0.2, 0) is 4.74 Å². The van der Waals surface area contributed by atoms with Crippen LogP contribution < -0.4 is 5.32 Å². The molecule has 1 aromatic heterocycles. The molecule has 5 rings (SSSR count). The van der Waals surface area contributed by atoms with Gasteiger partial charge in [0.2, 0.25) is 0 Å². The van der Waals surface area contributed by atoms with Gasteiger partial charge in [-0.05, 0) is 55.0 Å². The van der Waals surface area contributed by atoms with Crippen LogP contribution in [0.25, 0.3) is 5.69 Å². The summed E-state index contributed by atoms with van der Waals surface area (Å²) < 4.78 is 48.1. The smallest absolute Gasteiger partial charge is 0.272 e. The first-order valence-electron chi connectivity index (χ1n) is 10.6. The van der Waals surface area contributed by atoms with E-state index in [9.17, 15) is 18.0 Å². The van der Waals surface area contributed by atoms with E-state index in [1.807, 2.05) is 0 Å². The Hall–Kier alpha value is -3.13. The summed E-state index contributed by atoms with van der Waals surface area (Å²) in [7, 11) is 1.52. The van der Waals surface area contributed by atoms with E-state index in [0.717, 1.165) is 36.6 Å². The van der Waals surface area contributed by atoms with Crippen LogP contribution in [0.5, 0.6) is 0 Å². The van der Waals surface area contributed by atoms with E-state index in [2.05, 4.69) is 10.4 Å². The first-order valence-corrected chi connectivity index (χ1v) is 10.6. The Morgan fingerprint density at radius 2 is 1.84 bits per heavy atom. The Labute approximate surface area is 183 Å². The van der Waals surface area contributed by atoms with Gasteiger partial charge in [-0.2, -0.15) is 5.10 Å². The van der Waals surface area contributed by atoms with Gasteiger partial charge in [0, 0.05) is 24.7 Å². The average Bonchev–Trinajstić information content (AvgIpc) is 3.47. The Balaban J connectivity index is 1.53. The van der Waals surface area contributed by atoms with E-state index in [1.54, 1.807) is 12.1 Å². The number of hydrogen-bond donors (Lipinski definition) is 1. The number of amides is 1. The molecule has 166 valence electrons. The van der Waals surface area contributed by atoms with Crippen molar-refractivity contribution in [2.24, 2.45) is 0 Å². The highest BCUT2D eigenvalue weighted by Gasteiger charge is 2.44. The number of benzene rings is 2. The van der Waals surface area contributed by atoms with Crippen LogP contribution in [0.2, 0.25) is 0 Å². The van der Waals surface area contributed by atoms with Gasteiger partial charge in [-0.15, -0.1) is 0 Å². The third-order valence-corrected chi connectivity index (χ3v) is 6.45. The van der Waals surface area contributed by atoms with Crippen molar-refractivity contribution in [2.75, 3.05) is 13.7 Å². The molecular formula is C24H22F3N3O2. The van der Waals surface area contributed by atoms with Crippen LogP contribution in [0, 0.1) is 17.5 Å². The number of halogens is 3. The second kappa shape index (κ2) is 8.09. The minimum atomic E-state index is -0.728. The molecule has 2 bridgehead atoms. The summed E-state index contributed by atoms with van der Waals surface area (Å²) in [6.45, 7) is 0.193. The van der Waals surface area contributed by atoms with Crippen molar-refractivity contribution in [1.82, 2.24) is 15.1 Å². The fraction of sp³-hybridized carbons (Fsp3) is 0.333. The summed E-state index contributed by atoms with van der Waals surface area (Å²) in [5.74, 6) is -1.78. The Kier molecular flexibility index (Phi) is 5.25. The Morgan fingerprint density at radius 1 is 1.12 bits per heavy atom. The maximum absolute atomic E-state index is 14.6. The molecule has 2 unspecified atom stereocenters. The fourth-order valence-corrected chi connectivity index (χ4v) is 5.04. The second-order valence-corrected chi connectivity index (χ2v) is 8.39. The maximum Gasteiger partial charge on any atom is 0.272 e. The van der Waals surface area contributed by atoms with E-state index in [1.165, 1.54) is 36.1 Å². The summed E-state index contributed by atoms with van der Waals surface area (Å²) in [5.41, 5.74) is 2.75. The molecular weight excluding hydrogens is 419 g/mol. The SMILES string of the molecule is COC[C@@H](NC(=O)c1nn(-c2ccc(F)cc2F)c2c1C1CCC2C1)c1ccc(F)cc1. The van der Waals surface area contributed by atoms with Crippen molar-refractivity contribution in [1.29, 1.82) is 0 Å². The molecule has 32 heavy (non-hydrogen) atoms. The van der Waals surface area contributed by atoms with Gasteiger partial charge in [0.1, 0.15) is 17.3 Å². The van der Waals surface area contributed by atoms with Crippen LogP contribution in [0.1, 0.15) is 64.4 Å². The summed E-state index contributed by atoms with van der Waals surface area (Å²) in [4.78, 5) is 13.3. The molecule has 0 radical (unpaired) electrons. The van der Waals surface area contributed by atoms with Crippen molar-refractivity contribution in [3.8, 4) is 5.69 Å². The van der Waals surface area contributed by atoms with Crippen LogP contribution in [0.15, 0.2) is 42.5 Å². The number of hydrogen-bond acceptors (Lipinski definition) is 3. The van der Waals surface area contributed by atoms with E-state index in [0.29, 0.717) is 5.56 Å². The van der Waals surface area contributed by atoms with Crippen LogP contribution >= 0.6 is 0 Å².